The van der Waals surface area contributed by atoms with E-state index < -0.39 is 0 Å². The molecule has 1 heterocycles. The van der Waals surface area contributed by atoms with Crippen molar-refractivity contribution in [3.63, 3.8) is 0 Å². The van der Waals surface area contributed by atoms with Gasteiger partial charge in [-0.25, -0.2) is 0 Å². The van der Waals surface area contributed by atoms with Crippen LogP contribution in [0.1, 0.15) is 30.7 Å². The number of hydrogen-bond donors (Lipinski definition) is 0. The minimum Gasteiger partial charge on any atom is -0.351 e. The molecule has 1 aromatic heterocycles. The fraction of sp³-hybridized carbons (Fsp3) is 0.636. The largest absolute Gasteiger partial charge is 0.351 e. The SMILES string of the molecule is Cc1cn(CC(C)C)c(C)c1C. The van der Waals surface area contributed by atoms with Gasteiger partial charge >= 0.3 is 0 Å². The average molecular weight is 165 g/mol. The summed E-state index contributed by atoms with van der Waals surface area (Å²) in [5.41, 5.74) is 4.27. The molecule has 0 radical (unpaired) electrons. The molecule has 0 aromatic carbocycles. The zero-order valence-electron chi connectivity index (χ0n) is 8.81. The zero-order chi connectivity index (χ0) is 9.30. The van der Waals surface area contributed by atoms with Crippen molar-refractivity contribution in [1.29, 1.82) is 0 Å². The van der Waals surface area contributed by atoms with Gasteiger partial charge in [0.05, 0.1) is 0 Å². The van der Waals surface area contributed by atoms with Crippen LogP contribution in [0.4, 0.5) is 0 Å². The summed E-state index contributed by atoms with van der Waals surface area (Å²) in [5, 5.41) is 0. The van der Waals surface area contributed by atoms with Gasteiger partial charge in [0.1, 0.15) is 0 Å². The molecule has 0 N–H and O–H groups in total. The van der Waals surface area contributed by atoms with Crippen molar-refractivity contribution in [3.05, 3.63) is 23.0 Å². The maximum atomic E-state index is 2.36. The molecule has 68 valence electrons. The lowest BCUT2D eigenvalue weighted by Gasteiger charge is -2.08. The van der Waals surface area contributed by atoms with Gasteiger partial charge in [0, 0.05) is 18.4 Å². The Hall–Kier alpha value is -0.720. The summed E-state index contributed by atoms with van der Waals surface area (Å²) >= 11 is 0. The summed E-state index contributed by atoms with van der Waals surface area (Å²) in [7, 11) is 0. The van der Waals surface area contributed by atoms with Crippen molar-refractivity contribution in [2.24, 2.45) is 5.92 Å². The summed E-state index contributed by atoms with van der Waals surface area (Å²) in [6.07, 6.45) is 2.25. The second-order valence-electron chi connectivity index (χ2n) is 4.07. The Balaban J connectivity index is 2.93. The van der Waals surface area contributed by atoms with Crippen LogP contribution < -0.4 is 0 Å². The highest BCUT2D eigenvalue weighted by Crippen LogP contribution is 2.15. The van der Waals surface area contributed by atoms with Gasteiger partial charge in [0.2, 0.25) is 0 Å². The highest BCUT2D eigenvalue weighted by Gasteiger charge is 2.05. The van der Waals surface area contributed by atoms with E-state index in [1.165, 1.54) is 16.8 Å². The lowest BCUT2D eigenvalue weighted by molar-refractivity contribution is 0.516. The molecule has 0 atom stereocenters. The van der Waals surface area contributed by atoms with E-state index in [2.05, 4.69) is 45.4 Å². The molecule has 0 amide bonds. The van der Waals surface area contributed by atoms with Gasteiger partial charge in [-0.05, 0) is 37.8 Å². The first-order valence-corrected chi connectivity index (χ1v) is 4.65. The predicted molar refractivity (Wildman–Crippen MR) is 53.5 cm³/mol. The number of aromatic nitrogens is 1. The maximum Gasteiger partial charge on any atom is 0.0245 e. The standard InChI is InChI=1S/C11H19N/c1-8(2)6-12-7-9(3)10(4)11(12)5/h7-8H,6H2,1-5H3. The first-order chi connectivity index (χ1) is 5.52. The van der Waals surface area contributed by atoms with Gasteiger partial charge < -0.3 is 4.57 Å². The van der Waals surface area contributed by atoms with Crippen molar-refractivity contribution < 1.29 is 0 Å². The number of rotatable bonds is 2. The van der Waals surface area contributed by atoms with Gasteiger partial charge in [-0.1, -0.05) is 13.8 Å². The van der Waals surface area contributed by atoms with Crippen LogP contribution in [0.2, 0.25) is 0 Å². The van der Waals surface area contributed by atoms with E-state index >= 15 is 0 Å². The summed E-state index contributed by atoms with van der Waals surface area (Å²) in [5.74, 6) is 0.731. The molecule has 1 aromatic rings. The summed E-state index contributed by atoms with van der Waals surface area (Å²) in [6, 6.07) is 0. The molecule has 0 aliphatic heterocycles. The summed E-state index contributed by atoms with van der Waals surface area (Å²) in [4.78, 5) is 0. The monoisotopic (exact) mass is 165 g/mol. The number of nitrogens with zero attached hydrogens (tertiary/aromatic N) is 1. The first-order valence-electron chi connectivity index (χ1n) is 4.65. The average Bonchev–Trinajstić information content (AvgIpc) is 2.17. The van der Waals surface area contributed by atoms with Crippen molar-refractivity contribution in [2.45, 2.75) is 41.2 Å². The Bertz CT molecular complexity index is 269. The van der Waals surface area contributed by atoms with Crippen LogP contribution in [0.3, 0.4) is 0 Å². The Morgan fingerprint density at radius 3 is 2.17 bits per heavy atom. The molecule has 0 aliphatic carbocycles. The van der Waals surface area contributed by atoms with Crippen molar-refractivity contribution in [2.75, 3.05) is 0 Å². The third kappa shape index (κ3) is 1.71. The van der Waals surface area contributed by atoms with Crippen molar-refractivity contribution in [1.82, 2.24) is 4.57 Å². The number of aryl methyl sites for hydroxylation is 1. The quantitative estimate of drug-likeness (QED) is 0.634. The molecule has 12 heavy (non-hydrogen) atoms. The Morgan fingerprint density at radius 1 is 1.25 bits per heavy atom. The fourth-order valence-corrected chi connectivity index (χ4v) is 1.51. The van der Waals surface area contributed by atoms with Crippen LogP contribution in [0.15, 0.2) is 6.20 Å². The minimum absolute atomic E-state index is 0.731. The van der Waals surface area contributed by atoms with E-state index in [0.717, 1.165) is 12.5 Å². The van der Waals surface area contributed by atoms with Crippen molar-refractivity contribution in [3.8, 4) is 0 Å². The molecule has 0 saturated heterocycles. The minimum atomic E-state index is 0.731. The van der Waals surface area contributed by atoms with Crippen LogP contribution in [-0.2, 0) is 6.54 Å². The molecular weight excluding hydrogens is 146 g/mol. The van der Waals surface area contributed by atoms with Crippen LogP contribution in [0, 0.1) is 26.7 Å². The lowest BCUT2D eigenvalue weighted by Crippen LogP contribution is -2.04. The van der Waals surface area contributed by atoms with E-state index in [0.29, 0.717) is 0 Å². The first kappa shape index (κ1) is 9.37. The summed E-state index contributed by atoms with van der Waals surface area (Å²) < 4.78 is 2.36. The van der Waals surface area contributed by atoms with E-state index in [1.54, 1.807) is 0 Å². The molecule has 0 bridgehead atoms. The van der Waals surface area contributed by atoms with Gasteiger partial charge in [-0.2, -0.15) is 0 Å². The highest BCUT2D eigenvalue weighted by atomic mass is 15.0. The number of hydrogen-bond acceptors (Lipinski definition) is 0. The van der Waals surface area contributed by atoms with E-state index in [1.807, 2.05) is 0 Å². The normalized spacial score (nSPS) is 11.2. The van der Waals surface area contributed by atoms with E-state index in [9.17, 15) is 0 Å². The van der Waals surface area contributed by atoms with Crippen LogP contribution in [-0.4, -0.2) is 4.57 Å². The molecule has 0 aliphatic rings. The second kappa shape index (κ2) is 3.34. The smallest absolute Gasteiger partial charge is 0.0245 e. The molecular formula is C11H19N. The van der Waals surface area contributed by atoms with Crippen LogP contribution in [0.5, 0.6) is 0 Å². The van der Waals surface area contributed by atoms with Crippen molar-refractivity contribution >= 4 is 0 Å². The third-order valence-corrected chi connectivity index (χ3v) is 2.48. The fourth-order valence-electron chi connectivity index (χ4n) is 1.51. The zero-order valence-corrected chi connectivity index (χ0v) is 8.81. The maximum absolute atomic E-state index is 2.36. The van der Waals surface area contributed by atoms with E-state index in [-0.39, 0.29) is 0 Å². The van der Waals surface area contributed by atoms with Crippen LogP contribution >= 0.6 is 0 Å². The topological polar surface area (TPSA) is 4.93 Å². The van der Waals surface area contributed by atoms with E-state index in [4.69, 9.17) is 0 Å². The Morgan fingerprint density at radius 2 is 1.83 bits per heavy atom. The second-order valence-corrected chi connectivity index (χ2v) is 4.07. The predicted octanol–water partition coefficient (Wildman–Crippen LogP) is 3.07. The van der Waals surface area contributed by atoms with Gasteiger partial charge in [0.25, 0.3) is 0 Å². The third-order valence-electron chi connectivity index (χ3n) is 2.48. The molecule has 1 rings (SSSR count). The molecule has 1 heteroatoms. The Kier molecular flexibility index (Phi) is 2.61. The summed E-state index contributed by atoms with van der Waals surface area (Å²) in [6.45, 7) is 12.2. The van der Waals surface area contributed by atoms with Crippen LogP contribution in [0.25, 0.3) is 0 Å². The lowest BCUT2D eigenvalue weighted by atomic mass is 10.2. The molecule has 1 nitrogen and oxygen atoms in total. The molecule has 0 spiro atoms. The van der Waals surface area contributed by atoms with Gasteiger partial charge in [0.15, 0.2) is 0 Å². The molecule has 0 saturated carbocycles. The molecule has 0 fully saturated rings. The Labute approximate surface area is 75.4 Å². The van der Waals surface area contributed by atoms with Gasteiger partial charge in [-0.3, -0.25) is 0 Å². The van der Waals surface area contributed by atoms with Gasteiger partial charge in [-0.15, -0.1) is 0 Å². The molecule has 0 unspecified atom stereocenters. The highest BCUT2D eigenvalue weighted by molar-refractivity contribution is 5.28.